The van der Waals surface area contributed by atoms with Crippen molar-refractivity contribution in [3.05, 3.63) is 82.1 Å². The molecule has 3 aromatic rings. The summed E-state index contributed by atoms with van der Waals surface area (Å²) in [4.78, 5) is 0. The maximum atomic E-state index is 12.6. The number of rotatable bonds is 0. The Morgan fingerprint density at radius 2 is 1.17 bits per heavy atom. The first-order valence-electron chi connectivity index (χ1n) is 7.84. The average Bonchev–Trinajstić information content (AvgIpc) is 2.63. The summed E-state index contributed by atoms with van der Waals surface area (Å²) in [5.41, 5.74) is 18.1. The molecular formula is C19H15Br3Cl3F2N3. The molecule has 0 heterocycles. The van der Waals surface area contributed by atoms with E-state index < -0.39 is 11.6 Å². The highest BCUT2D eigenvalue weighted by atomic mass is 79.9. The Morgan fingerprint density at radius 1 is 0.667 bits per heavy atom. The minimum atomic E-state index is -0.624. The van der Waals surface area contributed by atoms with Crippen LogP contribution in [0.4, 0.5) is 25.8 Å². The second kappa shape index (κ2) is 12.3. The molecule has 0 bridgehead atoms. The van der Waals surface area contributed by atoms with Gasteiger partial charge in [0.1, 0.15) is 5.82 Å². The maximum absolute atomic E-state index is 12.6. The Morgan fingerprint density at radius 3 is 1.63 bits per heavy atom. The van der Waals surface area contributed by atoms with E-state index >= 15 is 0 Å². The molecule has 0 spiro atoms. The molecule has 0 radical (unpaired) electrons. The number of anilines is 3. The van der Waals surface area contributed by atoms with Gasteiger partial charge in [0, 0.05) is 14.0 Å². The fourth-order valence-electron chi connectivity index (χ4n) is 1.90. The van der Waals surface area contributed by atoms with Crippen LogP contribution in [-0.2, 0) is 0 Å². The number of nitrogen functional groups attached to an aromatic ring is 3. The van der Waals surface area contributed by atoms with Gasteiger partial charge in [-0.3, -0.25) is 0 Å². The van der Waals surface area contributed by atoms with Crippen LogP contribution in [0.2, 0.25) is 15.1 Å². The lowest BCUT2D eigenvalue weighted by atomic mass is 10.2. The number of nitrogens with two attached hydrogens (primary N) is 3. The fourth-order valence-corrected chi connectivity index (χ4v) is 3.99. The van der Waals surface area contributed by atoms with Crippen LogP contribution in [0.5, 0.6) is 0 Å². The first-order valence-corrected chi connectivity index (χ1v) is 11.4. The molecule has 0 unspecified atom stereocenters. The van der Waals surface area contributed by atoms with E-state index in [0.717, 1.165) is 26.6 Å². The molecule has 6 N–H and O–H groups in total. The largest absolute Gasteiger partial charge is 0.397 e. The Bertz CT molecular complexity index is 852. The molecule has 0 amide bonds. The predicted octanol–water partition coefficient (Wildman–Crippen LogP) is 8.64. The summed E-state index contributed by atoms with van der Waals surface area (Å²) in [6.07, 6.45) is 0. The van der Waals surface area contributed by atoms with E-state index in [1.165, 1.54) is 0 Å². The second-order valence-electron chi connectivity index (χ2n) is 5.73. The summed E-state index contributed by atoms with van der Waals surface area (Å²) >= 11 is 26.4. The van der Waals surface area contributed by atoms with Crippen LogP contribution in [0.25, 0.3) is 0 Å². The molecule has 0 aliphatic heterocycles. The highest BCUT2D eigenvalue weighted by molar-refractivity contribution is 9.11. The lowest BCUT2D eigenvalue weighted by molar-refractivity contribution is 0.598. The van der Waals surface area contributed by atoms with Crippen LogP contribution in [-0.4, -0.2) is 0 Å². The Kier molecular flexibility index (Phi) is 11.2. The molecule has 0 aromatic heterocycles. The first-order chi connectivity index (χ1) is 13.8. The molecule has 0 aliphatic carbocycles. The monoisotopic (exact) mass is 665 g/mol. The maximum Gasteiger partial charge on any atom is 0.160 e. The van der Waals surface area contributed by atoms with Crippen LogP contribution in [0.1, 0.15) is 5.56 Å². The Hall–Kier alpha value is -0.770. The summed E-state index contributed by atoms with van der Waals surface area (Å²) in [5.74, 6) is -1.17. The van der Waals surface area contributed by atoms with Crippen LogP contribution in [0.3, 0.4) is 0 Å². The standard InChI is InChI=1S/C7H7BrClN.C6H4BrCl2N.C6H4BrF2N/c1-4-2-5(8)7(9)6(10)3-4;2*7-4-1-3(8)2-5(10)6(4)9/h2-3H,10H2,1H3;2*1-2H,10H2. The van der Waals surface area contributed by atoms with Crippen molar-refractivity contribution in [2.24, 2.45) is 0 Å². The Balaban J connectivity index is 0.000000225. The topological polar surface area (TPSA) is 78.1 Å². The highest BCUT2D eigenvalue weighted by Crippen LogP contribution is 2.31. The summed E-state index contributed by atoms with van der Waals surface area (Å²) in [7, 11) is 0. The third-order valence-electron chi connectivity index (χ3n) is 3.24. The first kappa shape index (κ1) is 27.3. The van der Waals surface area contributed by atoms with Crippen LogP contribution in [0.15, 0.2) is 49.8 Å². The average molecular weight is 669 g/mol. The summed E-state index contributed by atoms with van der Waals surface area (Å²) in [6.45, 7) is 1.97. The zero-order valence-corrected chi connectivity index (χ0v) is 22.2. The van der Waals surface area contributed by atoms with E-state index in [4.69, 9.17) is 52.0 Å². The van der Waals surface area contributed by atoms with Crippen molar-refractivity contribution in [1.29, 1.82) is 0 Å². The number of halogens is 8. The van der Waals surface area contributed by atoms with Crippen molar-refractivity contribution in [3.8, 4) is 0 Å². The SMILES string of the molecule is Cc1cc(N)c(Cl)c(Br)c1.Nc1cc(Cl)cc(Br)c1Cl.Nc1cc(F)cc(Br)c1F. The van der Waals surface area contributed by atoms with Gasteiger partial charge in [0.2, 0.25) is 0 Å². The minimum absolute atomic E-state index is 0.0463. The van der Waals surface area contributed by atoms with Crippen LogP contribution < -0.4 is 17.2 Å². The number of benzene rings is 3. The van der Waals surface area contributed by atoms with Crippen LogP contribution in [0, 0.1) is 18.6 Å². The van der Waals surface area contributed by atoms with E-state index in [1.54, 1.807) is 12.1 Å². The predicted molar refractivity (Wildman–Crippen MR) is 135 cm³/mol. The second-order valence-corrected chi connectivity index (χ2v) is 9.49. The van der Waals surface area contributed by atoms with E-state index in [2.05, 4.69) is 47.8 Å². The van der Waals surface area contributed by atoms with Gasteiger partial charge in [-0.2, -0.15) is 0 Å². The Labute approximate surface area is 213 Å². The van der Waals surface area contributed by atoms with E-state index in [0.29, 0.717) is 26.4 Å². The molecule has 0 aliphatic rings. The van der Waals surface area contributed by atoms with Crippen LogP contribution >= 0.6 is 82.6 Å². The molecule has 3 nitrogen and oxygen atoms in total. The van der Waals surface area contributed by atoms with Gasteiger partial charge in [-0.25, -0.2) is 8.78 Å². The zero-order valence-electron chi connectivity index (χ0n) is 15.2. The zero-order chi connectivity index (χ0) is 23.2. The van der Waals surface area contributed by atoms with Gasteiger partial charge >= 0.3 is 0 Å². The molecule has 0 saturated heterocycles. The van der Waals surface area contributed by atoms with Gasteiger partial charge in [0.15, 0.2) is 5.82 Å². The van der Waals surface area contributed by atoms with Gasteiger partial charge in [0.25, 0.3) is 0 Å². The van der Waals surface area contributed by atoms with Crippen molar-refractivity contribution >= 4 is 99.7 Å². The molecule has 11 heteroatoms. The molecule has 3 rings (SSSR count). The van der Waals surface area contributed by atoms with Gasteiger partial charge in [-0.05, 0) is 96.7 Å². The lowest BCUT2D eigenvalue weighted by Crippen LogP contribution is -1.92. The third-order valence-corrected chi connectivity index (χ3v) is 6.59. The van der Waals surface area contributed by atoms with Gasteiger partial charge in [-0.15, -0.1) is 0 Å². The van der Waals surface area contributed by atoms with E-state index in [1.807, 2.05) is 19.1 Å². The molecule has 0 atom stereocenters. The van der Waals surface area contributed by atoms with Gasteiger partial charge < -0.3 is 17.2 Å². The van der Waals surface area contributed by atoms with Crippen molar-refractivity contribution in [3.63, 3.8) is 0 Å². The lowest BCUT2D eigenvalue weighted by Gasteiger charge is -2.01. The normalized spacial score (nSPS) is 9.90. The smallest absolute Gasteiger partial charge is 0.160 e. The quantitative estimate of drug-likeness (QED) is 0.166. The molecule has 0 fully saturated rings. The molecule has 0 saturated carbocycles. The van der Waals surface area contributed by atoms with E-state index in [-0.39, 0.29) is 10.2 Å². The van der Waals surface area contributed by atoms with Crippen molar-refractivity contribution in [2.45, 2.75) is 6.92 Å². The van der Waals surface area contributed by atoms with Crippen molar-refractivity contribution < 1.29 is 8.78 Å². The minimum Gasteiger partial charge on any atom is -0.397 e. The van der Waals surface area contributed by atoms with E-state index in [9.17, 15) is 8.78 Å². The molecule has 3 aromatic carbocycles. The third kappa shape index (κ3) is 8.40. The van der Waals surface area contributed by atoms with Gasteiger partial charge in [-0.1, -0.05) is 34.8 Å². The number of hydrogen-bond acceptors (Lipinski definition) is 3. The molecule has 162 valence electrons. The summed E-state index contributed by atoms with van der Waals surface area (Å²) < 4.78 is 26.5. The highest BCUT2D eigenvalue weighted by Gasteiger charge is 2.05. The summed E-state index contributed by atoms with van der Waals surface area (Å²) in [6, 6.07) is 9.02. The number of hydrogen-bond donors (Lipinski definition) is 3. The van der Waals surface area contributed by atoms with Crippen molar-refractivity contribution in [1.82, 2.24) is 0 Å². The summed E-state index contributed by atoms with van der Waals surface area (Å²) in [5, 5.41) is 1.67. The van der Waals surface area contributed by atoms with Crippen molar-refractivity contribution in [2.75, 3.05) is 17.2 Å². The molecular weight excluding hydrogens is 654 g/mol. The fraction of sp³-hybridized carbons (Fsp3) is 0.0526. The molecule has 30 heavy (non-hydrogen) atoms. The van der Waals surface area contributed by atoms with Gasteiger partial charge in [0.05, 0.1) is 31.6 Å². The number of aryl methyl sites for hydroxylation is 1.